The van der Waals surface area contributed by atoms with Crippen molar-refractivity contribution in [2.24, 2.45) is 0 Å². The summed E-state index contributed by atoms with van der Waals surface area (Å²) in [5, 5.41) is 13.4. The van der Waals surface area contributed by atoms with Gasteiger partial charge in [-0.15, -0.1) is 0 Å². The number of hydrogen-bond acceptors (Lipinski definition) is 6. The van der Waals surface area contributed by atoms with Gasteiger partial charge in [-0.3, -0.25) is 19.7 Å². The van der Waals surface area contributed by atoms with Gasteiger partial charge in [0, 0.05) is 29.2 Å². The highest BCUT2D eigenvalue weighted by molar-refractivity contribution is 5.95. The lowest BCUT2D eigenvalue weighted by atomic mass is 10.2. The number of para-hydroxylation sites is 2. The first-order valence-corrected chi connectivity index (χ1v) is 9.56. The molecule has 0 aliphatic heterocycles. The summed E-state index contributed by atoms with van der Waals surface area (Å²) < 4.78 is 5.31. The van der Waals surface area contributed by atoms with Crippen LogP contribution in [-0.4, -0.2) is 29.4 Å². The van der Waals surface area contributed by atoms with Crippen LogP contribution in [0.1, 0.15) is 6.92 Å². The first-order chi connectivity index (χ1) is 14.9. The summed E-state index contributed by atoms with van der Waals surface area (Å²) in [6, 6.07) is 24.3. The van der Waals surface area contributed by atoms with Crippen LogP contribution in [-0.2, 0) is 14.3 Å². The van der Waals surface area contributed by atoms with E-state index in [2.05, 4.69) is 5.32 Å². The molecule has 8 heteroatoms. The molecule has 8 nitrogen and oxygen atoms in total. The third-order valence-corrected chi connectivity index (χ3v) is 4.42. The van der Waals surface area contributed by atoms with Crippen LogP contribution in [0.15, 0.2) is 84.9 Å². The van der Waals surface area contributed by atoms with E-state index in [0.717, 1.165) is 11.4 Å². The molecule has 0 aliphatic carbocycles. The molecule has 0 aromatic heterocycles. The van der Waals surface area contributed by atoms with Gasteiger partial charge in [-0.2, -0.15) is 0 Å². The minimum absolute atomic E-state index is 0.0948. The summed E-state index contributed by atoms with van der Waals surface area (Å²) in [5.41, 5.74) is 1.71. The van der Waals surface area contributed by atoms with Crippen molar-refractivity contribution in [1.29, 1.82) is 0 Å². The Labute approximate surface area is 179 Å². The molecule has 3 rings (SSSR count). The van der Waals surface area contributed by atoms with Crippen LogP contribution in [0.2, 0.25) is 0 Å². The highest BCUT2D eigenvalue weighted by atomic mass is 16.6. The maximum absolute atomic E-state index is 12.6. The predicted octanol–water partition coefficient (Wildman–Crippen LogP) is 4.30. The van der Waals surface area contributed by atoms with Crippen LogP contribution in [0.3, 0.4) is 0 Å². The van der Waals surface area contributed by atoms with Gasteiger partial charge >= 0.3 is 5.97 Å². The van der Waals surface area contributed by atoms with Crippen molar-refractivity contribution >= 4 is 34.6 Å². The lowest BCUT2D eigenvalue weighted by Gasteiger charge is -2.24. The van der Waals surface area contributed by atoms with E-state index < -0.39 is 22.9 Å². The number of non-ortho nitro benzene ring substituents is 1. The lowest BCUT2D eigenvalue weighted by Crippen LogP contribution is -2.34. The molecule has 0 heterocycles. The second-order valence-electron chi connectivity index (χ2n) is 6.69. The maximum Gasteiger partial charge on any atom is 0.326 e. The van der Waals surface area contributed by atoms with Gasteiger partial charge in [0.15, 0.2) is 6.10 Å². The monoisotopic (exact) mass is 419 g/mol. The fraction of sp³-hybridized carbons (Fsp3) is 0.130. The summed E-state index contributed by atoms with van der Waals surface area (Å²) in [6.45, 7) is 1.35. The summed E-state index contributed by atoms with van der Waals surface area (Å²) in [7, 11) is 0. The summed E-state index contributed by atoms with van der Waals surface area (Å²) in [4.78, 5) is 37.1. The first kappa shape index (κ1) is 21.5. The summed E-state index contributed by atoms with van der Waals surface area (Å²) in [6.07, 6.45) is -1.08. The standard InChI is InChI=1S/C23H21N3O5/c1-17(23(28)24-18-9-8-14-21(15-18)26(29)30)31-22(27)16-25(19-10-4-2-5-11-19)20-12-6-3-7-13-20/h2-15,17H,16H2,1H3,(H,24,28). The molecule has 0 aliphatic rings. The van der Waals surface area contributed by atoms with Crippen molar-refractivity contribution in [2.75, 3.05) is 16.8 Å². The van der Waals surface area contributed by atoms with Crippen molar-refractivity contribution in [3.63, 3.8) is 0 Å². The number of rotatable bonds is 8. The van der Waals surface area contributed by atoms with E-state index >= 15 is 0 Å². The second-order valence-corrected chi connectivity index (χ2v) is 6.69. The van der Waals surface area contributed by atoms with Crippen LogP contribution in [0, 0.1) is 10.1 Å². The molecule has 0 bridgehead atoms. The Morgan fingerprint density at radius 1 is 0.968 bits per heavy atom. The minimum atomic E-state index is -1.08. The average molecular weight is 419 g/mol. The highest BCUT2D eigenvalue weighted by Gasteiger charge is 2.21. The first-order valence-electron chi connectivity index (χ1n) is 9.56. The molecule has 3 aromatic rings. The lowest BCUT2D eigenvalue weighted by molar-refractivity contribution is -0.384. The Morgan fingerprint density at radius 2 is 1.55 bits per heavy atom. The molecule has 0 saturated heterocycles. The molecule has 0 fully saturated rings. The number of ether oxygens (including phenoxy) is 1. The number of nitrogens with one attached hydrogen (secondary N) is 1. The topological polar surface area (TPSA) is 102 Å². The van der Waals surface area contributed by atoms with Gasteiger partial charge < -0.3 is 15.0 Å². The van der Waals surface area contributed by atoms with Gasteiger partial charge in [-0.1, -0.05) is 42.5 Å². The minimum Gasteiger partial charge on any atom is -0.451 e. The van der Waals surface area contributed by atoms with Crippen LogP contribution in [0.4, 0.5) is 22.7 Å². The summed E-state index contributed by atoms with van der Waals surface area (Å²) >= 11 is 0. The third kappa shape index (κ3) is 5.89. The van der Waals surface area contributed by atoms with E-state index in [-0.39, 0.29) is 17.9 Å². The van der Waals surface area contributed by atoms with E-state index in [4.69, 9.17) is 4.74 Å². The number of nitro groups is 1. The average Bonchev–Trinajstić information content (AvgIpc) is 2.78. The normalized spacial score (nSPS) is 11.3. The fourth-order valence-electron chi connectivity index (χ4n) is 2.91. The fourth-order valence-corrected chi connectivity index (χ4v) is 2.91. The molecule has 158 valence electrons. The zero-order chi connectivity index (χ0) is 22.2. The molecular weight excluding hydrogens is 398 g/mol. The zero-order valence-corrected chi connectivity index (χ0v) is 16.8. The number of nitrogens with zero attached hydrogens (tertiary/aromatic N) is 2. The number of amides is 1. The van der Waals surface area contributed by atoms with Crippen LogP contribution < -0.4 is 10.2 Å². The van der Waals surface area contributed by atoms with Crippen LogP contribution in [0.25, 0.3) is 0 Å². The largest absolute Gasteiger partial charge is 0.451 e. The van der Waals surface area contributed by atoms with Gasteiger partial charge in [0.2, 0.25) is 0 Å². The molecule has 1 unspecified atom stereocenters. The van der Waals surface area contributed by atoms with Crippen molar-refractivity contribution in [2.45, 2.75) is 13.0 Å². The van der Waals surface area contributed by atoms with E-state index in [0.29, 0.717) is 0 Å². The van der Waals surface area contributed by atoms with Gasteiger partial charge in [0.25, 0.3) is 11.6 Å². The Kier molecular flexibility index (Phi) is 6.95. The van der Waals surface area contributed by atoms with Gasteiger partial charge in [0.1, 0.15) is 6.54 Å². The Morgan fingerprint density at radius 3 is 2.10 bits per heavy atom. The molecule has 1 N–H and O–H groups in total. The number of carbonyl (C=O) groups is 2. The van der Waals surface area contributed by atoms with Crippen molar-refractivity contribution in [3.8, 4) is 0 Å². The molecule has 1 amide bonds. The molecule has 0 saturated carbocycles. The molecule has 0 radical (unpaired) electrons. The summed E-state index contributed by atoms with van der Waals surface area (Å²) in [5.74, 6) is -1.17. The second kappa shape index (κ2) is 10.0. The molecule has 1 atom stereocenters. The van der Waals surface area contributed by atoms with E-state index in [1.54, 1.807) is 4.90 Å². The number of benzene rings is 3. The zero-order valence-electron chi connectivity index (χ0n) is 16.8. The van der Waals surface area contributed by atoms with Crippen LogP contribution in [0.5, 0.6) is 0 Å². The molecule has 0 spiro atoms. The number of hydrogen-bond donors (Lipinski definition) is 1. The highest BCUT2D eigenvalue weighted by Crippen LogP contribution is 2.24. The Bertz CT molecular complexity index is 1020. The molecule has 31 heavy (non-hydrogen) atoms. The van der Waals surface area contributed by atoms with E-state index in [9.17, 15) is 19.7 Å². The van der Waals surface area contributed by atoms with Crippen molar-refractivity contribution in [1.82, 2.24) is 0 Å². The van der Waals surface area contributed by atoms with Gasteiger partial charge in [0.05, 0.1) is 4.92 Å². The predicted molar refractivity (Wildman–Crippen MR) is 117 cm³/mol. The quantitative estimate of drug-likeness (QED) is 0.332. The van der Waals surface area contributed by atoms with Crippen molar-refractivity contribution < 1.29 is 19.2 Å². The van der Waals surface area contributed by atoms with Crippen molar-refractivity contribution in [3.05, 3.63) is 95.0 Å². The van der Waals surface area contributed by atoms with Crippen LogP contribution >= 0.6 is 0 Å². The number of carbonyl (C=O) groups excluding carboxylic acids is 2. The molecule has 3 aromatic carbocycles. The van der Waals surface area contributed by atoms with E-state index in [1.165, 1.54) is 31.2 Å². The SMILES string of the molecule is CC(OC(=O)CN(c1ccccc1)c1ccccc1)C(=O)Nc1cccc([N+](=O)[O-])c1. The number of esters is 1. The van der Waals surface area contributed by atoms with Gasteiger partial charge in [-0.05, 0) is 37.3 Å². The third-order valence-electron chi connectivity index (χ3n) is 4.42. The van der Waals surface area contributed by atoms with Gasteiger partial charge in [-0.25, -0.2) is 0 Å². The Balaban J connectivity index is 1.66. The smallest absolute Gasteiger partial charge is 0.326 e. The van der Waals surface area contributed by atoms with E-state index in [1.807, 2.05) is 60.7 Å². The maximum atomic E-state index is 12.6. The number of anilines is 3. The number of nitro benzene ring substituents is 1. The molecular formula is C23H21N3O5. The Hall–Kier alpha value is -4.20.